The lowest BCUT2D eigenvalue weighted by Crippen LogP contribution is -2.34. The van der Waals surface area contributed by atoms with Gasteiger partial charge in [-0.2, -0.15) is 0 Å². The second-order valence-electron chi connectivity index (χ2n) is 7.94. The Balaban J connectivity index is 1.95. The van der Waals surface area contributed by atoms with Crippen molar-refractivity contribution in [1.82, 2.24) is 14.5 Å². The summed E-state index contributed by atoms with van der Waals surface area (Å²) in [6.45, 7) is 10.2. The van der Waals surface area contributed by atoms with Crippen molar-refractivity contribution in [3.8, 4) is 0 Å². The number of amides is 1. The summed E-state index contributed by atoms with van der Waals surface area (Å²) in [4.78, 5) is 19.8. The van der Waals surface area contributed by atoms with Crippen LogP contribution in [0.1, 0.15) is 55.9 Å². The van der Waals surface area contributed by atoms with Crippen molar-refractivity contribution in [2.75, 3.05) is 6.54 Å². The molecule has 3 rings (SSSR count). The van der Waals surface area contributed by atoms with Crippen molar-refractivity contribution in [3.05, 3.63) is 65.2 Å². The Hall–Kier alpha value is -2.69. The molecule has 0 aliphatic rings. The number of benzene rings is 2. The van der Waals surface area contributed by atoms with Gasteiger partial charge in [-0.05, 0) is 48.6 Å². The molecule has 0 radical (unpaired) electrons. The fraction of sp³-hybridized carbons (Fsp3) is 0.417. The average molecular weight is 396 g/mol. The minimum absolute atomic E-state index is 0.00244. The van der Waals surface area contributed by atoms with Gasteiger partial charge in [-0.25, -0.2) is 9.37 Å². The van der Waals surface area contributed by atoms with E-state index >= 15 is 0 Å². The molecule has 29 heavy (non-hydrogen) atoms. The van der Waals surface area contributed by atoms with Crippen molar-refractivity contribution in [1.29, 1.82) is 0 Å². The van der Waals surface area contributed by atoms with Crippen LogP contribution in [0.5, 0.6) is 0 Å². The van der Waals surface area contributed by atoms with Gasteiger partial charge in [0.1, 0.15) is 11.6 Å². The second-order valence-corrected chi connectivity index (χ2v) is 7.94. The van der Waals surface area contributed by atoms with Gasteiger partial charge < -0.3 is 9.47 Å². The molecular formula is C24H30FN3O. The Morgan fingerprint density at radius 1 is 1.14 bits per heavy atom. The van der Waals surface area contributed by atoms with Crippen LogP contribution in [0.3, 0.4) is 0 Å². The summed E-state index contributed by atoms with van der Waals surface area (Å²) in [5.41, 5.74) is 3.45. The van der Waals surface area contributed by atoms with Crippen LogP contribution in [0.15, 0.2) is 42.5 Å². The molecule has 0 bridgehead atoms. The molecule has 1 amide bonds. The van der Waals surface area contributed by atoms with Gasteiger partial charge in [-0.3, -0.25) is 4.79 Å². The normalized spacial score (nSPS) is 11.4. The molecule has 0 fully saturated rings. The third-order valence-electron chi connectivity index (χ3n) is 5.05. The molecule has 2 aromatic carbocycles. The maximum Gasteiger partial charge on any atom is 0.254 e. The van der Waals surface area contributed by atoms with Gasteiger partial charge in [0.25, 0.3) is 5.91 Å². The van der Waals surface area contributed by atoms with Crippen LogP contribution in [-0.2, 0) is 19.5 Å². The Morgan fingerprint density at radius 2 is 1.86 bits per heavy atom. The number of aryl methyl sites for hydroxylation is 2. The summed E-state index contributed by atoms with van der Waals surface area (Å²) in [6.07, 6.45) is 1.88. The quantitative estimate of drug-likeness (QED) is 0.509. The predicted molar refractivity (Wildman–Crippen MR) is 115 cm³/mol. The van der Waals surface area contributed by atoms with Crippen LogP contribution >= 0.6 is 0 Å². The third kappa shape index (κ3) is 4.84. The molecule has 1 aromatic heterocycles. The zero-order valence-corrected chi connectivity index (χ0v) is 17.8. The molecule has 3 aromatic rings. The first kappa shape index (κ1) is 21.0. The molecule has 0 aliphatic heterocycles. The van der Waals surface area contributed by atoms with Gasteiger partial charge in [0.05, 0.1) is 17.6 Å². The molecular weight excluding hydrogens is 365 g/mol. The number of carbonyl (C=O) groups excluding carboxylic acids is 1. The number of hydrogen-bond donors (Lipinski definition) is 0. The maximum absolute atomic E-state index is 13.7. The molecule has 154 valence electrons. The number of nitrogens with zero attached hydrogens (tertiary/aromatic N) is 3. The molecule has 4 nitrogen and oxygen atoms in total. The number of hydrogen-bond acceptors (Lipinski definition) is 2. The van der Waals surface area contributed by atoms with E-state index in [0.717, 1.165) is 30.7 Å². The molecule has 0 atom stereocenters. The summed E-state index contributed by atoms with van der Waals surface area (Å²) in [7, 11) is 0. The standard InChI is InChI=1S/C24H30FN3O/c1-5-13-28-22-12-11-20(25)14-21(22)26-23(28)16-27(15-17(3)4)24(29)19-9-7-18(6-2)8-10-19/h7-12,14,17H,5-6,13,15-16H2,1-4H3. The molecule has 0 saturated carbocycles. The fourth-order valence-electron chi connectivity index (χ4n) is 3.64. The Labute approximate surface area is 172 Å². The van der Waals surface area contributed by atoms with Gasteiger partial charge in [0, 0.05) is 24.7 Å². The highest BCUT2D eigenvalue weighted by atomic mass is 19.1. The average Bonchev–Trinajstić information content (AvgIpc) is 3.03. The highest BCUT2D eigenvalue weighted by Gasteiger charge is 2.21. The van der Waals surface area contributed by atoms with E-state index in [0.29, 0.717) is 30.1 Å². The van der Waals surface area contributed by atoms with E-state index in [1.54, 1.807) is 6.07 Å². The van der Waals surface area contributed by atoms with E-state index in [-0.39, 0.29) is 11.7 Å². The molecule has 0 N–H and O–H groups in total. The molecule has 0 saturated heterocycles. The molecule has 0 unspecified atom stereocenters. The van der Waals surface area contributed by atoms with E-state index < -0.39 is 0 Å². The van der Waals surface area contributed by atoms with Crippen LogP contribution in [-0.4, -0.2) is 26.9 Å². The third-order valence-corrected chi connectivity index (χ3v) is 5.05. The van der Waals surface area contributed by atoms with Crippen LogP contribution in [0, 0.1) is 11.7 Å². The van der Waals surface area contributed by atoms with E-state index in [1.165, 1.54) is 17.7 Å². The SMILES string of the molecule is CCCn1c(CN(CC(C)C)C(=O)c2ccc(CC)cc2)nc2cc(F)ccc21. The van der Waals surface area contributed by atoms with Crippen molar-refractivity contribution in [2.24, 2.45) is 5.92 Å². The van der Waals surface area contributed by atoms with Crippen LogP contribution in [0.2, 0.25) is 0 Å². The minimum Gasteiger partial charge on any atom is -0.331 e. The van der Waals surface area contributed by atoms with Crippen LogP contribution in [0.4, 0.5) is 4.39 Å². The fourth-order valence-corrected chi connectivity index (χ4v) is 3.64. The van der Waals surface area contributed by atoms with Gasteiger partial charge >= 0.3 is 0 Å². The number of carbonyl (C=O) groups is 1. The largest absolute Gasteiger partial charge is 0.331 e. The van der Waals surface area contributed by atoms with Crippen molar-refractivity contribution in [3.63, 3.8) is 0 Å². The van der Waals surface area contributed by atoms with Gasteiger partial charge in [-0.1, -0.05) is 39.8 Å². The maximum atomic E-state index is 13.7. The van der Waals surface area contributed by atoms with Crippen LogP contribution < -0.4 is 0 Å². The summed E-state index contributed by atoms with van der Waals surface area (Å²) in [5, 5.41) is 0. The lowest BCUT2D eigenvalue weighted by molar-refractivity contribution is 0.0716. The number of halogens is 1. The van der Waals surface area contributed by atoms with Gasteiger partial charge in [-0.15, -0.1) is 0 Å². The predicted octanol–water partition coefficient (Wildman–Crippen LogP) is 5.45. The first-order chi connectivity index (χ1) is 13.9. The van der Waals surface area contributed by atoms with E-state index in [2.05, 4.69) is 37.2 Å². The van der Waals surface area contributed by atoms with Gasteiger partial charge in [0.15, 0.2) is 0 Å². The van der Waals surface area contributed by atoms with Crippen molar-refractivity contribution >= 4 is 16.9 Å². The Bertz CT molecular complexity index is 976. The minimum atomic E-state index is -0.295. The highest BCUT2D eigenvalue weighted by Crippen LogP contribution is 2.21. The van der Waals surface area contributed by atoms with E-state index in [1.807, 2.05) is 29.2 Å². The summed E-state index contributed by atoms with van der Waals surface area (Å²) in [6, 6.07) is 12.5. The Kier molecular flexibility index (Phi) is 6.68. The first-order valence-electron chi connectivity index (χ1n) is 10.5. The zero-order chi connectivity index (χ0) is 21.0. The van der Waals surface area contributed by atoms with Gasteiger partial charge in [0.2, 0.25) is 0 Å². The highest BCUT2D eigenvalue weighted by molar-refractivity contribution is 5.94. The lowest BCUT2D eigenvalue weighted by atomic mass is 10.1. The summed E-state index contributed by atoms with van der Waals surface area (Å²) >= 11 is 0. The summed E-state index contributed by atoms with van der Waals surface area (Å²) < 4.78 is 15.8. The lowest BCUT2D eigenvalue weighted by Gasteiger charge is -2.25. The molecule has 0 spiro atoms. The topological polar surface area (TPSA) is 38.1 Å². The van der Waals surface area contributed by atoms with E-state index in [9.17, 15) is 9.18 Å². The molecule has 0 aliphatic carbocycles. The Morgan fingerprint density at radius 3 is 2.48 bits per heavy atom. The zero-order valence-electron chi connectivity index (χ0n) is 17.8. The van der Waals surface area contributed by atoms with Crippen molar-refractivity contribution in [2.45, 2.75) is 53.6 Å². The summed E-state index contributed by atoms with van der Waals surface area (Å²) in [5.74, 6) is 0.834. The monoisotopic (exact) mass is 395 g/mol. The smallest absolute Gasteiger partial charge is 0.254 e. The first-order valence-corrected chi connectivity index (χ1v) is 10.5. The van der Waals surface area contributed by atoms with E-state index in [4.69, 9.17) is 0 Å². The second kappa shape index (κ2) is 9.21. The van der Waals surface area contributed by atoms with Crippen molar-refractivity contribution < 1.29 is 9.18 Å². The van der Waals surface area contributed by atoms with Crippen LogP contribution in [0.25, 0.3) is 11.0 Å². The number of aromatic nitrogens is 2. The molecule has 5 heteroatoms. The number of imidazole rings is 1. The molecule has 1 heterocycles. The number of fused-ring (bicyclic) bond motifs is 1. The number of rotatable bonds is 8.